The molecule has 1 aliphatic rings. The van der Waals surface area contributed by atoms with Gasteiger partial charge in [-0.1, -0.05) is 11.6 Å². The predicted octanol–water partition coefficient (Wildman–Crippen LogP) is 2.18. The van der Waals surface area contributed by atoms with Crippen molar-refractivity contribution in [3.05, 3.63) is 16.0 Å². The molecule has 7 heteroatoms. The van der Waals surface area contributed by atoms with Gasteiger partial charge in [-0.05, 0) is 27.6 Å². The first kappa shape index (κ1) is 12.1. The van der Waals surface area contributed by atoms with Gasteiger partial charge in [-0.2, -0.15) is 12.6 Å². The number of amides is 1. The third-order valence-corrected chi connectivity index (χ3v) is 3.66. The fraction of sp³-hybridized carbons (Fsp3) is 0.444. The van der Waals surface area contributed by atoms with Crippen molar-refractivity contribution in [1.82, 2.24) is 9.97 Å². The highest BCUT2D eigenvalue weighted by Gasteiger charge is 2.32. The normalized spacial score (nSPS) is 20.6. The van der Waals surface area contributed by atoms with E-state index in [1.54, 1.807) is 4.90 Å². The van der Waals surface area contributed by atoms with E-state index in [9.17, 15) is 4.79 Å². The van der Waals surface area contributed by atoms with E-state index in [2.05, 4.69) is 38.5 Å². The molecule has 1 aromatic rings. The van der Waals surface area contributed by atoms with Gasteiger partial charge in [-0.15, -0.1) is 0 Å². The molecule has 0 aromatic carbocycles. The van der Waals surface area contributed by atoms with Gasteiger partial charge in [0, 0.05) is 13.0 Å². The maximum Gasteiger partial charge on any atom is 0.228 e. The van der Waals surface area contributed by atoms with Crippen LogP contribution in [-0.4, -0.2) is 28.2 Å². The van der Waals surface area contributed by atoms with Crippen LogP contribution in [0.2, 0.25) is 5.15 Å². The number of carbonyl (C=O) groups excluding carboxylic acids is 1. The molecule has 1 fully saturated rings. The summed E-state index contributed by atoms with van der Waals surface area (Å²) in [4.78, 5) is 21.5. The summed E-state index contributed by atoms with van der Waals surface area (Å²) in [5.41, 5.74) is 0. The lowest BCUT2D eigenvalue weighted by Crippen LogP contribution is -2.26. The van der Waals surface area contributed by atoms with E-state index in [-0.39, 0.29) is 17.0 Å². The summed E-state index contributed by atoms with van der Waals surface area (Å²) in [5.74, 6) is 1.48. The highest BCUT2D eigenvalue weighted by Crippen LogP contribution is 2.29. The van der Waals surface area contributed by atoms with E-state index in [0.717, 1.165) is 0 Å². The van der Waals surface area contributed by atoms with Crippen LogP contribution in [0.1, 0.15) is 6.42 Å². The van der Waals surface area contributed by atoms with Gasteiger partial charge in [-0.25, -0.2) is 9.97 Å². The first-order valence-electron chi connectivity index (χ1n) is 4.71. The lowest BCUT2D eigenvalue weighted by atomic mass is 10.1. The van der Waals surface area contributed by atoms with Crippen LogP contribution in [-0.2, 0) is 4.79 Å². The van der Waals surface area contributed by atoms with Gasteiger partial charge >= 0.3 is 0 Å². The zero-order valence-corrected chi connectivity index (χ0v) is 11.5. The van der Waals surface area contributed by atoms with Gasteiger partial charge in [-0.3, -0.25) is 9.69 Å². The summed E-state index contributed by atoms with van der Waals surface area (Å²) in [5, 5.41) is 0.278. The SMILES string of the molecule is O=C1CC(CS)CN1c1nc(Cl)cnc1Br. The van der Waals surface area contributed by atoms with Crippen molar-refractivity contribution in [3.8, 4) is 0 Å². The lowest BCUT2D eigenvalue weighted by molar-refractivity contribution is -0.117. The van der Waals surface area contributed by atoms with Crippen molar-refractivity contribution >= 4 is 51.9 Å². The van der Waals surface area contributed by atoms with E-state index < -0.39 is 0 Å². The summed E-state index contributed by atoms with van der Waals surface area (Å²) in [7, 11) is 0. The molecule has 0 radical (unpaired) electrons. The number of anilines is 1. The Morgan fingerprint density at radius 2 is 2.44 bits per heavy atom. The molecule has 0 aliphatic carbocycles. The number of carbonyl (C=O) groups is 1. The van der Waals surface area contributed by atoms with Gasteiger partial charge < -0.3 is 0 Å². The molecule has 1 atom stereocenters. The molecule has 1 aromatic heterocycles. The van der Waals surface area contributed by atoms with Gasteiger partial charge in [0.2, 0.25) is 5.91 Å². The average molecular weight is 323 g/mol. The summed E-state index contributed by atoms with van der Waals surface area (Å²) >= 11 is 13.2. The number of hydrogen-bond acceptors (Lipinski definition) is 4. The van der Waals surface area contributed by atoms with Crippen molar-refractivity contribution in [2.24, 2.45) is 5.92 Å². The minimum absolute atomic E-state index is 0.0383. The number of aromatic nitrogens is 2. The van der Waals surface area contributed by atoms with Gasteiger partial charge in [0.15, 0.2) is 5.82 Å². The molecule has 2 rings (SSSR count). The quantitative estimate of drug-likeness (QED) is 0.849. The Morgan fingerprint density at radius 3 is 3.06 bits per heavy atom. The van der Waals surface area contributed by atoms with Crippen LogP contribution in [0.3, 0.4) is 0 Å². The highest BCUT2D eigenvalue weighted by molar-refractivity contribution is 9.10. The van der Waals surface area contributed by atoms with Crippen LogP contribution in [0.25, 0.3) is 0 Å². The Balaban J connectivity index is 2.30. The second-order valence-corrected chi connectivity index (χ2v) is 5.07. The van der Waals surface area contributed by atoms with E-state index in [0.29, 0.717) is 29.1 Å². The number of nitrogens with zero attached hydrogens (tertiary/aromatic N) is 3. The number of hydrogen-bond donors (Lipinski definition) is 1. The third-order valence-electron chi connectivity index (χ3n) is 2.40. The van der Waals surface area contributed by atoms with E-state index in [1.807, 2.05) is 0 Å². The Morgan fingerprint density at radius 1 is 1.69 bits per heavy atom. The van der Waals surface area contributed by atoms with Crippen LogP contribution in [0.4, 0.5) is 5.82 Å². The first-order chi connectivity index (χ1) is 7.61. The molecule has 0 saturated carbocycles. The number of rotatable bonds is 2. The predicted molar refractivity (Wildman–Crippen MR) is 69.1 cm³/mol. The monoisotopic (exact) mass is 321 g/mol. The second-order valence-electron chi connectivity index (χ2n) is 3.56. The molecule has 0 bridgehead atoms. The standard InChI is InChI=1S/C9H9BrClN3OS/c10-8-9(13-6(11)2-12-8)14-3-5(4-16)1-7(14)15/h2,5,16H,1,3-4H2. The summed E-state index contributed by atoms with van der Waals surface area (Å²) in [6.07, 6.45) is 1.94. The van der Waals surface area contributed by atoms with E-state index in [1.165, 1.54) is 6.20 Å². The Bertz CT molecular complexity index is 431. The Hall–Kier alpha value is -0.330. The molecule has 2 heterocycles. The first-order valence-corrected chi connectivity index (χ1v) is 6.51. The zero-order chi connectivity index (χ0) is 11.7. The van der Waals surface area contributed by atoms with Crippen molar-refractivity contribution in [1.29, 1.82) is 0 Å². The Kier molecular flexibility index (Phi) is 3.71. The van der Waals surface area contributed by atoms with Crippen molar-refractivity contribution in [3.63, 3.8) is 0 Å². The molecule has 1 aliphatic heterocycles. The zero-order valence-electron chi connectivity index (χ0n) is 8.23. The minimum Gasteiger partial charge on any atom is -0.294 e. The van der Waals surface area contributed by atoms with E-state index in [4.69, 9.17) is 11.6 Å². The largest absolute Gasteiger partial charge is 0.294 e. The smallest absolute Gasteiger partial charge is 0.228 e. The minimum atomic E-state index is 0.0383. The molecule has 1 amide bonds. The average Bonchev–Trinajstić information content (AvgIpc) is 2.63. The van der Waals surface area contributed by atoms with Crippen molar-refractivity contribution in [2.45, 2.75) is 6.42 Å². The summed E-state index contributed by atoms with van der Waals surface area (Å²) in [6, 6.07) is 0. The maximum absolute atomic E-state index is 11.8. The fourth-order valence-corrected chi connectivity index (χ4v) is 2.40. The topological polar surface area (TPSA) is 46.1 Å². The highest BCUT2D eigenvalue weighted by atomic mass is 79.9. The lowest BCUT2D eigenvalue weighted by Gasteiger charge is -2.16. The third kappa shape index (κ3) is 2.33. The summed E-state index contributed by atoms with van der Waals surface area (Å²) < 4.78 is 0.532. The second kappa shape index (κ2) is 4.89. The van der Waals surface area contributed by atoms with Crippen LogP contribution in [0.5, 0.6) is 0 Å². The molecular formula is C9H9BrClN3OS. The molecule has 0 N–H and O–H groups in total. The van der Waals surface area contributed by atoms with Crippen LogP contribution >= 0.6 is 40.2 Å². The number of halogens is 2. The summed E-state index contributed by atoms with van der Waals surface area (Å²) in [6.45, 7) is 0.621. The van der Waals surface area contributed by atoms with Gasteiger partial charge in [0.25, 0.3) is 0 Å². The molecule has 16 heavy (non-hydrogen) atoms. The van der Waals surface area contributed by atoms with Gasteiger partial charge in [0.05, 0.1) is 6.20 Å². The van der Waals surface area contributed by atoms with Crippen molar-refractivity contribution < 1.29 is 4.79 Å². The van der Waals surface area contributed by atoms with Crippen LogP contribution in [0.15, 0.2) is 10.8 Å². The maximum atomic E-state index is 11.8. The Labute approximate surface area is 112 Å². The number of thiol groups is 1. The van der Waals surface area contributed by atoms with Crippen LogP contribution in [0, 0.1) is 5.92 Å². The fourth-order valence-electron chi connectivity index (χ4n) is 1.62. The molecule has 86 valence electrons. The molecule has 1 unspecified atom stereocenters. The molecule has 1 saturated heterocycles. The van der Waals surface area contributed by atoms with Crippen LogP contribution < -0.4 is 4.90 Å². The van der Waals surface area contributed by atoms with Gasteiger partial charge in [0.1, 0.15) is 9.76 Å². The van der Waals surface area contributed by atoms with E-state index >= 15 is 0 Å². The van der Waals surface area contributed by atoms with Crippen molar-refractivity contribution in [2.75, 3.05) is 17.2 Å². The molecule has 4 nitrogen and oxygen atoms in total. The molecule has 0 spiro atoms. The molecular weight excluding hydrogens is 314 g/mol.